The molecule has 0 bridgehead atoms. The van der Waals surface area contributed by atoms with Crippen molar-refractivity contribution in [1.29, 1.82) is 0 Å². The summed E-state index contributed by atoms with van der Waals surface area (Å²) < 4.78 is 22.8. The molecule has 1 N–H and O–H groups in total. The number of hydrogen-bond donors (Lipinski definition) is 1. The maximum atomic E-state index is 11.2. The minimum atomic E-state index is -0.825. The van der Waals surface area contributed by atoms with Crippen LogP contribution in [0.5, 0.6) is 23.0 Å². The first-order valence-electron chi connectivity index (χ1n) is 9.85. The molecular weight excluding hydrogens is 358 g/mol. The third-order valence-corrected chi connectivity index (χ3v) is 6.22. The summed E-state index contributed by atoms with van der Waals surface area (Å²) in [7, 11) is 2.08. The minimum absolute atomic E-state index is 0.114. The standard InChI is InChI=1S/C22H25NO5/c1-23(21-13-25-17-4-2-3-5-19(17)28-21)16-8-10-22(24,11-9-16)15-6-7-18-20(12-15)27-14-26-18/h2-7,12,16,21,24H,8-11,13-14H2,1H3/t16-,21-,22-/m0/s1. The highest BCUT2D eigenvalue weighted by molar-refractivity contribution is 5.46. The maximum absolute atomic E-state index is 11.2. The summed E-state index contributed by atoms with van der Waals surface area (Å²) >= 11 is 0. The number of hydrogen-bond acceptors (Lipinski definition) is 6. The number of ether oxygens (including phenoxy) is 4. The van der Waals surface area contributed by atoms with Crippen molar-refractivity contribution in [1.82, 2.24) is 4.90 Å². The molecule has 0 spiro atoms. The van der Waals surface area contributed by atoms with Crippen molar-refractivity contribution >= 4 is 0 Å². The van der Waals surface area contributed by atoms with Crippen LogP contribution < -0.4 is 18.9 Å². The largest absolute Gasteiger partial charge is 0.484 e. The second-order valence-corrected chi connectivity index (χ2v) is 7.83. The van der Waals surface area contributed by atoms with E-state index in [0.29, 0.717) is 25.5 Å². The van der Waals surface area contributed by atoms with Crippen LogP contribution in [0.15, 0.2) is 42.5 Å². The second-order valence-electron chi connectivity index (χ2n) is 7.83. The van der Waals surface area contributed by atoms with Crippen LogP contribution in [0.25, 0.3) is 0 Å². The van der Waals surface area contributed by atoms with Crippen LogP contribution in [0.2, 0.25) is 0 Å². The highest BCUT2D eigenvalue weighted by Gasteiger charge is 2.39. The zero-order valence-corrected chi connectivity index (χ0v) is 16.0. The molecule has 0 saturated heterocycles. The third kappa shape index (κ3) is 3.06. The number of aliphatic hydroxyl groups is 1. The van der Waals surface area contributed by atoms with E-state index in [-0.39, 0.29) is 13.0 Å². The van der Waals surface area contributed by atoms with Gasteiger partial charge in [-0.25, -0.2) is 0 Å². The van der Waals surface area contributed by atoms with E-state index >= 15 is 0 Å². The van der Waals surface area contributed by atoms with E-state index in [9.17, 15) is 5.11 Å². The summed E-state index contributed by atoms with van der Waals surface area (Å²) in [6.07, 6.45) is 3.07. The molecule has 1 aliphatic carbocycles. The summed E-state index contributed by atoms with van der Waals surface area (Å²) in [5, 5.41) is 11.2. The van der Waals surface area contributed by atoms with Gasteiger partial charge in [-0.1, -0.05) is 18.2 Å². The van der Waals surface area contributed by atoms with Gasteiger partial charge in [0.25, 0.3) is 0 Å². The number of nitrogens with zero attached hydrogens (tertiary/aromatic N) is 1. The Morgan fingerprint density at radius 3 is 2.46 bits per heavy atom. The van der Waals surface area contributed by atoms with E-state index < -0.39 is 5.60 Å². The van der Waals surface area contributed by atoms with Crippen LogP contribution in [0.1, 0.15) is 31.2 Å². The van der Waals surface area contributed by atoms with E-state index in [2.05, 4.69) is 11.9 Å². The second kappa shape index (κ2) is 6.87. The number of benzene rings is 2. The van der Waals surface area contributed by atoms with Gasteiger partial charge in [-0.05, 0) is 62.6 Å². The molecular formula is C22H25NO5. The fourth-order valence-electron chi connectivity index (χ4n) is 4.41. The Labute approximate surface area is 164 Å². The number of likely N-dealkylation sites (N-methyl/N-ethyl adjacent to an activating group) is 1. The summed E-state index contributed by atoms with van der Waals surface area (Å²) in [4.78, 5) is 2.25. The van der Waals surface area contributed by atoms with E-state index in [4.69, 9.17) is 18.9 Å². The Morgan fingerprint density at radius 2 is 1.64 bits per heavy atom. The molecule has 5 rings (SSSR count). The quantitative estimate of drug-likeness (QED) is 0.878. The van der Waals surface area contributed by atoms with Crippen LogP contribution in [0, 0.1) is 0 Å². The fraction of sp³-hybridized carbons (Fsp3) is 0.455. The zero-order chi connectivity index (χ0) is 19.1. The van der Waals surface area contributed by atoms with Crippen molar-refractivity contribution in [3.8, 4) is 23.0 Å². The highest BCUT2D eigenvalue weighted by atomic mass is 16.7. The number of rotatable bonds is 3. The van der Waals surface area contributed by atoms with Crippen LogP contribution in [0.3, 0.4) is 0 Å². The molecule has 3 aliphatic rings. The molecule has 28 heavy (non-hydrogen) atoms. The number of fused-ring (bicyclic) bond motifs is 2. The Bertz CT molecular complexity index is 862. The average molecular weight is 383 g/mol. The normalized spacial score (nSPS) is 28.4. The lowest BCUT2D eigenvalue weighted by Crippen LogP contribution is -2.50. The van der Waals surface area contributed by atoms with Crippen LogP contribution in [-0.4, -0.2) is 42.7 Å². The lowest BCUT2D eigenvalue weighted by Gasteiger charge is -2.43. The van der Waals surface area contributed by atoms with Gasteiger partial charge in [-0.15, -0.1) is 0 Å². The molecule has 0 aromatic heterocycles. The molecule has 1 saturated carbocycles. The summed E-state index contributed by atoms with van der Waals surface area (Å²) in [5.74, 6) is 3.05. The zero-order valence-electron chi connectivity index (χ0n) is 16.0. The van der Waals surface area contributed by atoms with Crippen LogP contribution in [0.4, 0.5) is 0 Å². The first kappa shape index (κ1) is 17.6. The topological polar surface area (TPSA) is 60.4 Å². The van der Waals surface area contributed by atoms with Crippen molar-refractivity contribution in [3.63, 3.8) is 0 Å². The minimum Gasteiger partial charge on any atom is -0.484 e. The van der Waals surface area contributed by atoms with Gasteiger partial charge in [0.05, 0.1) is 5.60 Å². The first-order valence-corrected chi connectivity index (χ1v) is 9.85. The molecule has 148 valence electrons. The molecule has 0 radical (unpaired) electrons. The lowest BCUT2D eigenvalue weighted by atomic mass is 9.77. The van der Waals surface area contributed by atoms with E-state index in [1.807, 2.05) is 42.5 Å². The molecule has 1 atom stereocenters. The lowest BCUT2D eigenvalue weighted by molar-refractivity contribution is -0.0717. The summed E-state index contributed by atoms with van der Waals surface area (Å²) in [6.45, 7) is 0.757. The van der Waals surface area contributed by atoms with Gasteiger partial charge in [0.2, 0.25) is 6.79 Å². The van der Waals surface area contributed by atoms with Gasteiger partial charge >= 0.3 is 0 Å². The fourth-order valence-corrected chi connectivity index (χ4v) is 4.41. The predicted octanol–water partition coefficient (Wildman–Crippen LogP) is 3.27. The Hall–Kier alpha value is -2.44. The molecule has 0 unspecified atom stereocenters. The van der Waals surface area contributed by atoms with E-state index in [0.717, 1.165) is 41.4 Å². The van der Waals surface area contributed by atoms with E-state index in [1.54, 1.807) is 0 Å². The highest BCUT2D eigenvalue weighted by Crippen LogP contribution is 2.43. The molecule has 1 fully saturated rings. The van der Waals surface area contributed by atoms with Gasteiger partial charge in [-0.3, -0.25) is 4.90 Å². The number of para-hydroxylation sites is 2. The molecule has 6 nitrogen and oxygen atoms in total. The smallest absolute Gasteiger partial charge is 0.231 e. The molecule has 6 heteroatoms. The SMILES string of the molecule is CN([C@H]1CC[C@@](O)(c2ccc3c(c2)OCO3)CC1)[C@@H]1COc2ccccc2O1. The van der Waals surface area contributed by atoms with Crippen molar-refractivity contribution < 1.29 is 24.1 Å². The predicted molar refractivity (Wildman–Crippen MR) is 103 cm³/mol. The Morgan fingerprint density at radius 1 is 0.929 bits per heavy atom. The van der Waals surface area contributed by atoms with Crippen molar-refractivity contribution in [2.24, 2.45) is 0 Å². The van der Waals surface area contributed by atoms with Gasteiger partial charge in [0.1, 0.15) is 6.61 Å². The molecule has 0 amide bonds. The van der Waals surface area contributed by atoms with E-state index in [1.165, 1.54) is 0 Å². The van der Waals surface area contributed by atoms with Gasteiger partial charge in [-0.2, -0.15) is 0 Å². The molecule has 2 aromatic carbocycles. The van der Waals surface area contributed by atoms with Gasteiger partial charge in [0.15, 0.2) is 29.2 Å². The van der Waals surface area contributed by atoms with Gasteiger partial charge in [0, 0.05) is 6.04 Å². The average Bonchev–Trinajstić information content (AvgIpc) is 3.21. The molecule has 2 aliphatic heterocycles. The van der Waals surface area contributed by atoms with Crippen LogP contribution in [-0.2, 0) is 5.60 Å². The Balaban J connectivity index is 1.24. The van der Waals surface area contributed by atoms with Crippen molar-refractivity contribution in [2.75, 3.05) is 20.4 Å². The summed E-state index contributed by atoms with van der Waals surface area (Å²) in [6, 6.07) is 13.9. The van der Waals surface area contributed by atoms with Crippen molar-refractivity contribution in [3.05, 3.63) is 48.0 Å². The van der Waals surface area contributed by atoms with Crippen LogP contribution >= 0.6 is 0 Å². The molecule has 2 aromatic rings. The molecule has 2 heterocycles. The third-order valence-electron chi connectivity index (χ3n) is 6.22. The summed E-state index contributed by atoms with van der Waals surface area (Å²) in [5.41, 5.74) is 0.0819. The maximum Gasteiger partial charge on any atom is 0.231 e. The van der Waals surface area contributed by atoms with Crippen molar-refractivity contribution in [2.45, 2.75) is 43.6 Å². The first-order chi connectivity index (χ1) is 13.6. The van der Waals surface area contributed by atoms with Gasteiger partial charge < -0.3 is 24.1 Å². The Kier molecular flexibility index (Phi) is 4.33. The monoisotopic (exact) mass is 383 g/mol.